The second-order valence-corrected chi connectivity index (χ2v) is 11.3. The zero-order chi connectivity index (χ0) is 28.6. The first kappa shape index (κ1) is 28.1. The Labute approximate surface area is 248 Å². The van der Waals surface area contributed by atoms with Crippen LogP contribution in [0.2, 0.25) is 0 Å². The van der Waals surface area contributed by atoms with Gasteiger partial charge in [0, 0.05) is 36.6 Å². The first-order valence-corrected chi connectivity index (χ1v) is 15.0. The first-order chi connectivity index (χ1) is 20.7. The molecule has 0 saturated carbocycles. The molecule has 2 fully saturated rings. The fraction of sp³-hybridized carbons (Fsp3) is 0.343. The number of benzene rings is 2. The number of aromatic nitrogens is 2. The number of carbonyl (C=O) groups excluding carboxylic acids is 1. The van der Waals surface area contributed by atoms with Gasteiger partial charge < -0.3 is 9.47 Å². The molecule has 0 bridgehead atoms. The van der Waals surface area contributed by atoms with E-state index in [4.69, 9.17) is 9.47 Å². The second-order valence-electron chi connectivity index (χ2n) is 11.3. The molecule has 4 heterocycles. The van der Waals surface area contributed by atoms with E-state index in [2.05, 4.69) is 80.4 Å². The molecular formula is C35H38N4O3. The van der Waals surface area contributed by atoms with E-state index in [1.165, 1.54) is 11.1 Å². The van der Waals surface area contributed by atoms with Crippen molar-refractivity contribution in [2.45, 2.75) is 50.6 Å². The topological polar surface area (TPSA) is 67.8 Å². The van der Waals surface area contributed by atoms with Crippen LogP contribution in [0.15, 0.2) is 97.3 Å². The standard InChI is InChI=1S/C35H38N4O3/c40-35(41-33-31(13-7-19-36-33)29-15-21-38(22-16-29)25-27-9-3-1-4-10-27)42-34-32(14-8-20-37-34)30-17-23-39(24-18-30)26-28-11-5-2-6-12-28/h1-14,19-20,29-30H,15-18,21-26H2. The number of piperidine rings is 2. The molecule has 0 unspecified atom stereocenters. The zero-order valence-electron chi connectivity index (χ0n) is 24.0. The van der Waals surface area contributed by atoms with E-state index >= 15 is 0 Å². The number of rotatable bonds is 8. The molecule has 0 aliphatic carbocycles. The van der Waals surface area contributed by atoms with Gasteiger partial charge in [-0.2, -0.15) is 0 Å². The normalized spacial score (nSPS) is 17.1. The molecule has 0 atom stereocenters. The summed E-state index contributed by atoms with van der Waals surface area (Å²) in [5.74, 6) is 1.21. The molecule has 7 nitrogen and oxygen atoms in total. The highest BCUT2D eigenvalue weighted by molar-refractivity contribution is 5.67. The van der Waals surface area contributed by atoms with Gasteiger partial charge in [-0.3, -0.25) is 9.80 Å². The lowest BCUT2D eigenvalue weighted by atomic mass is 9.90. The number of pyridine rings is 2. The minimum absolute atomic E-state index is 0.278. The van der Waals surface area contributed by atoms with Crippen molar-refractivity contribution in [1.29, 1.82) is 0 Å². The Bertz CT molecular complexity index is 1320. The first-order valence-electron chi connectivity index (χ1n) is 15.0. The predicted octanol–water partition coefficient (Wildman–Crippen LogP) is 6.81. The van der Waals surface area contributed by atoms with Crippen molar-refractivity contribution in [3.05, 3.63) is 120 Å². The van der Waals surface area contributed by atoms with Crippen molar-refractivity contribution in [2.75, 3.05) is 26.2 Å². The molecule has 2 aliphatic rings. The van der Waals surface area contributed by atoms with E-state index in [-0.39, 0.29) is 11.8 Å². The summed E-state index contributed by atoms with van der Waals surface area (Å²) in [6.45, 7) is 5.85. The van der Waals surface area contributed by atoms with Crippen LogP contribution < -0.4 is 9.47 Å². The number of hydrogen-bond donors (Lipinski definition) is 0. The number of carbonyl (C=O) groups is 1. The van der Waals surface area contributed by atoms with Crippen LogP contribution in [-0.4, -0.2) is 52.1 Å². The van der Waals surface area contributed by atoms with Gasteiger partial charge >= 0.3 is 6.16 Å². The SMILES string of the molecule is O=C(Oc1ncccc1C1CCN(Cc2ccccc2)CC1)Oc1ncccc1C1CCN(Cc2ccccc2)CC1. The highest BCUT2D eigenvalue weighted by Gasteiger charge is 2.27. The van der Waals surface area contributed by atoms with Crippen LogP contribution >= 0.6 is 0 Å². The Morgan fingerprint density at radius 3 is 1.40 bits per heavy atom. The van der Waals surface area contributed by atoms with Crippen molar-refractivity contribution in [3.8, 4) is 11.8 Å². The van der Waals surface area contributed by atoms with E-state index < -0.39 is 6.16 Å². The fourth-order valence-electron chi connectivity index (χ4n) is 6.26. The lowest BCUT2D eigenvalue weighted by Gasteiger charge is -2.32. The maximum Gasteiger partial charge on any atom is 0.522 e. The van der Waals surface area contributed by atoms with E-state index in [0.29, 0.717) is 11.8 Å². The van der Waals surface area contributed by atoms with E-state index in [1.807, 2.05) is 24.3 Å². The van der Waals surface area contributed by atoms with Gasteiger partial charge in [-0.1, -0.05) is 72.8 Å². The average molecular weight is 563 g/mol. The molecule has 0 radical (unpaired) electrons. The van der Waals surface area contributed by atoms with E-state index in [1.54, 1.807) is 12.4 Å². The summed E-state index contributed by atoms with van der Waals surface area (Å²) < 4.78 is 11.4. The highest BCUT2D eigenvalue weighted by atomic mass is 16.7. The van der Waals surface area contributed by atoms with Crippen molar-refractivity contribution in [2.24, 2.45) is 0 Å². The van der Waals surface area contributed by atoms with Gasteiger partial charge in [0.1, 0.15) is 0 Å². The molecule has 7 heteroatoms. The summed E-state index contributed by atoms with van der Waals surface area (Å²) in [4.78, 5) is 26.8. The molecule has 2 aliphatic heterocycles. The number of likely N-dealkylation sites (tertiary alicyclic amines) is 2. The summed E-state index contributed by atoms with van der Waals surface area (Å²) in [5, 5.41) is 0. The Balaban J connectivity index is 1.04. The molecular weight excluding hydrogens is 524 g/mol. The molecule has 216 valence electrons. The van der Waals surface area contributed by atoms with E-state index in [9.17, 15) is 4.79 Å². The van der Waals surface area contributed by atoms with Crippen molar-refractivity contribution >= 4 is 6.16 Å². The van der Waals surface area contributed by atoms with Crippen LogP contribution in [0.25, 0.3) is 0 Å². The minimum Gasteiger partial charge on any atom is -0.375 e. The van der Waals surface area contributed by atoms with Crippen molar-refractivity contribution in [3.63, 3.8) is 0 Å². The summed E-state index contributed by atoms with van der Waals surface area (Å²) >= 11 is 0. The molecule has 0 N–H and O–H groups in total. The third-order valence-corrected chi connectivity index (χ3v) is 8.51. The largest absolute Gasteiger partial charge is 0.522 e. The molecule has 2 aromatic carbocycles. The molecule has 0 spiro atoms. The van der Waals surface area contributed by atoms with Crippen LogP contribution in [0.3, 0.4) is 0 Å². The average Bonchev–Trinajstić information content (AvgIpc) is 3.03. The van der Waals surface area contributed by atoms with Gasteiger partial charge in [-0.25, -0.2) is 14.8 Å². The van der Waals surface area contributed by atoms with Gasteiger partial charge in [0.15, 0.2) is 0 Å². The minimum atomic E-state index is -0.794. The van der Waals surface area contributed by atoms with Gasteiger partial charge in [-0.15, -0.1) is 0 Å². The third kappa shape index (κ3) is 7.22. The monoisotopic (exact) mass is 562 g/mol. The number of nitrogens with zero attached hydrogens (tertiary/aromatic N) is 4. The quantitative estimate of drug-likeness (QED) is 0.219. The summed E-state index contributed by atoms with van der Waals surface area (Å²) in [6.07, 6.45) is 6.46. The molecule has 2 aromatic heterocycles. The molecule has 2 saturated heterocycles. The summed E-state index contributed by atoms with van der Waals surface area (Å²) in [6, 6.07) is 29.0. The number of hydrogen-bond acceptors (Lipinski definition) is 7. The van der Waals surface area contributed by atoms with Gasteiger partial charge in [0.2, 0.25) is 11.8 Å². The maximum absolute atomic E-state index is 13.0. The zero-order valence-corrected chi connectivity index (χ0v) is 24.0. The van der Waals surface area contributed by atoms with Gasteiger partial charge in [0.05, 0.1) is 0 Å². The van der Waals surface area contributed by atoms with Crippen LogP contribution in [-0.2, 0) is 13.1 Å². The second kappa shape index (κ2) is 13.7. The third-order valence-electron chi connectivity index (χ3n) is 8.51. The Morgan fingerprint density at radius 2 is 1.00 bits per heavy atom. The molecule has 6 rings (SSSR count). The maximum atomic E-state index is 13.0. The molecule has 4 aromatic rings. The smallest absolute Gasteiger partial charge is 0.375 e. The van der Waals surface area contributed by atoms with Crippen LogP contribution in [0.4, 0.5) is 4.79 Å². The highest BCUT2D eigenvalue weighted by Crippen LogP contribution is 2.35. The van der Waals surface area contributed by atoms with Crippen molar-refractivity contribution in [1.82, 2.24) is 19.8 Å². The Hall–Kier alpha value is -4.07. The summed E-state index contributed by atoms with van der Waals surface area (Å²) in [7, 11) is 0. The van der Waals surface area contributed by atoms with Crippen LogP contribution in [0, 0.1) is 0 Å². The number of ether oxygens (including phenoxy) is 2. The van der Waals surface area contributed by atoms with E-state index in [0.717, 1.165) is 76.1 Å². The van der Waals surface area contributed by atoms with Gasteiger partial charge in [-0.05, 0) is 87.0 Å². The Kier molecular flexibility index (Phi) is 9.17. The summed E-state index contributed by atoms with van der Waals surface area (Å²) in [5.41, 5.74) is 4.58. The molecule has 0 amide bonds. The van der Waals surface area contributed by atoms with Crippen molar-refractivity contribution < 1.29 is 14.3 Å². The lowest BCUT2D eigenvalue weighted by molar-refractivity contribution is 0.145. The fourth-order valence-corrected chi connectivity index (χ4v) is 6.26. The van der Waals surface area contributed by atoms with Crippen LogP contribution in [0.1, 0.15) is 59.8 Å². The van der Waals surface area contributed by atoms with Gasteiger partial charge in [0.25, 0.3) is 0 Å². The molecule has 42 heavy (non-hydrogen) atoms. The van der Waals surface area contributed by atoms with Crippen LogP contribution in [0.5, 0.6) is 11.8 Å². The Morgan fingerprint density at radius 1 is 0.595 bits per heavy atom. The predicted molar refractivity (Wildman–Crippen MR) is 163 cm³/mol. The lowest BCUT2D eigenvalue weighted by Crippen LogP contribution is -2.33.